The highest BCUT2D eigenvalue weighted by atomic mass is 32.2. The van der Waals surface area contributed by atoms with Gasteiger partial charge in [-0.2, -0.15) is 0 Å². The van der Waals surface area contributed by atoms with Crippen LogP contribution in [0.4, 0.5) is 4.39 Å². The molecule has 1 amide bonds. The molecule has 2 aromatic rings. The molecule has 1 fully saturated rings. The lowest BCUT2D eigenvalue weighted by molar-refractivity contribution is -0.134. The number of hydrogen-bond donors (Lipinski definition) is 0. The highest BCUT2D eigenvalue weighted by Gasteiger charge is 2.40. The number of nitrogens with zero attached hydrogens (tertiary/aromatic N) is 1. The number of aryl methyl sites for hydroxylation is 1. The van der Waals surface area contributed by atoms with Crippen molar-refractivity contribution in [1.82, 2.24) is 4.90 Å². The van der Waals surface area contributed by atoms with Gasteiger partial charge in [0.05, 0.1) is 4.90 Å². The number of carbonyl (C=O) groups is 1. The summed E-state index contributed by atoms with van der Waals surface area (Å²) in [6.45, 7) is 0.403. The second-order valence-electron chi connectivity index (χ2n) is 5.91. The SMILES string of the molecule is O=C(CCc1ccccc1)N1CC(S(=O)(=O)c2ccc(F)cc2)C1. The molecule has 0 spiro atoms. The Balaban J connectivity index is 1.54. The zero-order chi connectivity index (χ0) is 17.2. The van der Waals surface area contributed by atoms with E-state index in [2.05, 4.69) is 0 Å². The smallest absolute Gasteiger partial charge is 0.222 e. The average Bonchev–Trinajstić information content (AvgIpc) is 2.52. The predicted octanol–water partition coefficient (Wildman–Crippen LogP) is 2.44. The molecule has 0 N–H and O–H groups in total. The molecule has 0 aromatic heterocycles. The van der Waals surface area contributed by atoms with Gasteiger partial charge >= 0.3 is 0 Å². The lowest BCUT2D eigenvalue weighted by Crippen LogP contribution is -2.56. The molecular weight excluding hydrogens is 329 g/mol. The molecule has 2 aromatic carbocycles. The second-order valence-corrected chi connectivity index (χ2v) is 8.13. The van der Waals surface area contributed by atoms with Gasteiger partial charge in [0, 0.05) is 19.5 Å². The van der Waals surface area contributed by atoms with Gasteiger partial charge in [0.1, 0.15) is 11.1 Å². The molecule has 0 unspecified atom stereocenters. The molecule has 3 rings (SSSR count). The topological polar surface area (TPSA) is 54.5 Å². The number of carbonyl (C=O) groups excluding carboxylic acids is 1. The third kappa shape index (κ3) is 3.48. The summed E-state index contributed by atoms with van der Waals surface area (Å²) >= 11 is 0. The number of amides is 1. The Morgan fingerprint density at radius 1 is 1.04 bits per heavy atom. The lowest BCUT2D eigenvalue weighted by atomic mass is 10.1. The van der Waals surface area contributed by atoms with Crippen LogP contribution in [0.3, 0.4) is 0 Å². The quantitative estimate of drug-likeness (QED) is 0.781. The average molecular weight is 347 g/mol. The van der Waals surface area contributed by atoms with Crippen LogP contribution in [-0.4, -0.2) is 37.6 Å². The van der Waals surface area contributed by atoms with Crippen LogP contribution in [-0.2, 0) is 21.1 Å². The van der Waals surface area contributed by atoms with E-state index in [9.17, 15) is 17.6 Å². The van der Waals surface area contributed by atoms with Crippen LogP contribution in [0.5, 0.6) is 0 Å². The van der Waals surface area contributed by atoms with Crippen LogP contribution in [0, 0.1) is 5.82 Å². The first kappa shape index (κ1) is 16.6. The van der Waals surface area contributed by atoms with Gasteiger partial charge < -0.3 is 4.90 Å². The largest absolute Gasteiger partial charge is 0.340 e. The summed E-state index contributed by atoms with van der Waals surface area (Å²) in [6.07, 6.45) is 1.01. The standard InChI is InChI=1S/C18H18FNO3S/c19-15-7-9-16(10-8-15)24(22,23)17-12-20(13-17)18(21)11-6-14-4-2-1-3-5-14/h1-5,7-10,17H,6,11-13H2. The van der Waals surface area contributed by atoms with Crippen molar-refractivity contribution in [3.63, 3.8) is 0 Å². The van der Waals surface area contributed by atoms with Gasteiger partial charge in [0.15, 0.2) is 9.84 Å². The van der Waals surface area contributed by atoms with E-state index in [-0.39, 0.29) is 23.9 Å². The Morgan fingerprint density at radius 3 is 2.29 bits per heavy atom. The Bertz CT molecular complexity index is 813. The van der Waals surface area contributed by atoms with Crippen LogP contribution in [0.15, 0.2) is 59.5 Å². The molecule has 6 heteroatoms. The molecule has 126 valence electrons. The van der Waals surface area contributed by atoms with Crippen LogP contribution < -0.4 is 0 Å². The Morgan fingerprint density at radius 2 is 1.67 bits per heavy atom. The Hall–Kier alpha value is -2.21. The maximum Gasteiger partial charge on any atom is 0.222 e. The molecule has 0 aliphatic carbocycles. The summed E-state index contributed by atoms with van der Waals surface area (Å²) in [6, 6.07) is 14.5. The molecule has 1 heterocycles. The zero-order valence-corrected chi connectivity index (χ0v) is 13.9. The van der Waals surface area contributed by atoms with Crippen molar-refractivity contribution in [1.29, 1.82) is 0 Å². The molecule has 1 saturated heterocycles. The van der Waals surface area contributed by atoms with E-state index < -0.39 is 20.9 Å². The van der Waals surface area contributed by atoms with Gasteiger partial charge in [-0.3, -0.25) is 4.79 Å². The Kier molecular flexibility index (Phi) is 4.66. The zero-order valence-electron chi connectivity index (χ0n) is 13.1. The van der Waals surface area contributed by atoms with E-state index in [0.29, 0.717) is 12.8 Å². The van der Waals surface area contributed by atoms with E-state index in [0.717, 1.165) is 17.7 Å². The molecule has 4 nitrogen and oxygen atoms in total. The Labute approximate surface area is 140 Å². The predicted molar refractivity (Wildman–Crippen MR) is 88.7 cm³/mol. The van der Waals surface area contributed by atoms with Gasteiger partial charge in [-0.15, -0.1) is 0 Å². The monoisotopic (exact) mass is 347 g/mol. The first-order valence-corrected chi connectivity index (χ1v) is 9.32. The minimum atomic E-state index is -3.51. The molecule has 0 atom stereocenters. The molecule has 1 aliphatic heterocycles. The van der Waals surface area contributed by atoms with E-state index in [1.54, 1.807) is 4.90 Å². The maximum atomic E-state index is 12.9. The van der Waals surface area contributed by atoms with Crippen LogP contribution >= 0.6 is 0 Å². The molecule has 0 bridgehead atoms. The molecule has 24 heavy (non-hydrogen) atoms. The number of rotatable bonds is 5. The number of sulfone groups is 1. The second kappa shape index (κ2) is 6.73. The lowest BCUT2D eigenvalue weighted by Gasteiger charge is -2.38. The molecule has 1 aliphatic rings. The molecule has 0 saturated carbocycles. The van der Waals surface area contributed by atoms with Gasteiger partial charge in [-0.25, -0.2) is 12.8 Å². The van der Waals surface area contributed by atoms with Crippen LogP contribution in [0.1, 0.15) is 12.0 Å². The van der Waals surface area contributed by atoms with Crippen molar-refractivity contribution >= 4 is 15.7 Å². The van der Waals surface area contributed by atoms with Crippen molar-refractivity contribution in [2.75, 3.05) is 13.1 Å². The summed E-state index contributed by atoms with van der Waals surface area (Å²) in [5, 5.41) is -0.608. The summed E-state index contributed by atoms with van der Waals surface area (Å²) in [5.41, 5.74) is 1.09. The first-order chi connectivity index (χ1) is 11.5. The third-order valence-electron chi connectivity index (χ3n) is 4.25. The summed E-state index contributed by atoms with van der Waals surface area (Å²) < 4.78 is 37.7. The third-order valence-corrected chi connectivity index (χ3v) is 6.36. The fraction of sp³-hybridized carbons (Fsp3) is 0.278. The van der Waals surface area contributed by atoms with Crippen molar-refractivity contribution in [3.05, 3.63) is 66.0 Å². The fourth-order valence-electron chi connectivity index (χ4n) is 2.71. The van der Waals surface area contributed by atoms with Crippen molar-refractivity contribution in [2.45, 2.75) is 23.0 Å². The van der Waals surface area contributed by atoms with Crippen LogP contribution in [0.2, 0.25) is 0 Å². The normalized spacial score (nSPS) is 15.1. The number of halogens is 1. The minimum Gasteiger partial charge on any atom is -0.340 e. The van der Waals surface area contributed by atoms with Crippen molar-refractivity contribution < 1.29 is 17.6 Å². The number of hydrogen-bond acceptors (Lipinski definition) is 3. The van der Waals surface area contributed by atoms with Gasteiger partial charge in [0.2, 0.25) is 5.91 Å². The highest BCUT2D eigenvalue weighted by Crippen LogP contribution is 2.24. The van der Waals surface area contributed by atoms with E-state index in [1.165, 1.54) is 12.1 Å². The number of likely N-dealkylation sites (tertiary alicyclic amines) is 1. The maximum absolute atomic E-state index is 12.9. The molecular formula is C18H18FNO3S. The first-order valence-electron chi connectivity index (χ1n) is 7.78. The van der Waals surface area contributed by atoms with E-state index >= 15 is 0 Å². The van der Waals surface area contributed by atoms with Gasteiger partial charge in [-0.1, -0.05) is 30.3 Å². The summed E-state index contributed by atoms with van der Waals surface area (Å²) in [4.78, 5) is 13.8. The van der Waals surface area contributed by atoms with Crippen molar-refractivity contribution in [2.24, 2.45) is 0 Å². The van der Waals surface area contributed by atoms with Gasteiger partial charge in [-0.05, 0) is 36.2 Å². The summed E-state index contributed by atoms with van der Waals surface area (Å²) in [7, 11) is -3.51. The van der Waals surface area contributed by atoms with Gasteiger partial charge in [0.25, 0.3) is 0 Å². The van der Waals surface area contributed by atoms with Crippen LogP contribution in [0.25, 0.3) is 0 Å². The highest BCUT2D eigenvalue weighted by molar-refractivity contribution is 7.92. The molecule has 0 radical (unpaired) electrons. The fourth-order valence-corrected chi connectivity index (χ4v) is 4.36. The minimum absolute atomic E-state index is 0.0376. The van der Waals surface area contributed by atoms with Crippen molar-refractivity contribution in [3.8, 4) is 0 Å². The number of benzene rings is 2. The van der Waals surface area contributed by atoms with E-state index in [4.69, 9.17) is 0 Å². The van der Waals surface area contributed by atoms with E-state index in [1.807, 2.05) is 30.3 Å². The summed E-state index contributed by atoms with van der Waals surface area (Å²) in [5.74, 6) is -0.510.